The van der Waals surface area contributed by atoms with Crippen LogP contribution in [0.4, 0.5) is 0 Å². The minimum absolute atomic E-state index is 0.478. The van der Waals surface area contributed by atoms with Crippen LogP contribution >= 0.6 is 0 Å². The van der Waals surface area contributed by atoms with Crippen LogP contribution in [0.1, 0.15) is 26.0 Å². The molecule has 1 atom stereocenters. The van der Waals surface area contributed by atoms with Gasteiger partial charge in [-0.1, -0.05) is 6.92 Å². The van der Waals surface area contributed by atoms with E-state index in [1.54, 1.807) is 6.26 Å². The van der Waals surface area contributed by atoms with Gasteiger partial charge in [-0.25, -0.2) is 0 Å². The molecular formula is C11H20N2O. The molecule has 0 bridgehead atoms. The molecule has 1 unspecified atom stereocenters. The number of rotatable bonds is 7. The highest BCUT2D eigenvalue weighted by Gasteiger charge is 2.01. The molecule has 3 heteroatoms. The Morgan fingerprint density at radius 2 is 2.36 bits per heavy atom. The van der Waals surface area contributed by atoms with Crippen molar-refractivity contribution in [3.8, 4) is 0 Å². The van der Waals surface area contributed by atoms with E-state index in [-0.39, 0.29) is 0 Å². The van der Waals surface area contributed by atoms with E-state index < -0.39 is 0 Å². The van der Waals surface area contributed by atoms with Crippen molar-refractivity contribution < 1.29 is 4.42 Å². The van der Waals surface area contributed by atoms with Gasteiger partial charge < -0.3 is 15.1 Å². The van der Waals surface area contributed by atoms with Gasteiger partial charge in [-0.2, -0.15) is 0 Å². The third-order valence-electron chi connectivity index (χ3n) is 2.08. The summed E-state index contributed by atoms with van der Waals surface area (Å²) in [6, 6.07) is 4.38. The molecule has 0 amide bonds. The van der Waals surface area contributed by atoms with Crippen LogP contribution in [-0.2, 0) is 6.54 Å². The van der Waals surface area contributed by atoms with Crippen LogP contribution < -0.4 is 10.6 Å². The van der Waals surface area contributed by atoms with Gasteiger partial charge >= 0.3 is 0 Å². The topological polar surface area (TPSA) is 37.2 Å². The minimum atomic E-state index is 0.478. The van der Waals surface area contributed by atoms with Crippen LogP contribution in [0, 0.1) is 0 Å². The highest BCUT2D eigenvalue weighted by molar-refractivity contribution is 4.97. The molecule has 0 aliphatic rings. The van der Waals surface area contributed by atoms with Crippen molar-refractivity contribution in [1.29, 1.82) is 0 Å². The molecule has 14 heavy (non-hydrogen) atoms. The molecule has 0 fully saturated rings. The third kappa shape index (κ3) is 4.44. The zero-order valence-corrected chi connectivity index (χ0v) is 9.05. The molecule has 0 aliphatic carbocycles. The van der Waals surface area contributed by atoms with Crippen molar-refractivity contribution in [2.24, 2.45) is 0 Å². The Bertz CT molecular complexity index is 221. The van der Waals surface area contributed by atoms with Gasteiger partial charge in [-0.3, -0.25) is 0 Å². The summed E-state index contributed by atoms with van der Waals surface area (Å²) in [5.41, 5.74) is 0. The lowest BCUT2D eigenvalue weighted by Crippen LogP contribution is -2.36. The van der Waals surface area contributed by atoms with Crippen molar-refractivity contribution in [3.05, 3.63) is 24.2 Å². The van der Waals surface area contributed by atoms with E-state index in [4.69, 9.17) is 4.42 Å². The second kappa shape index (κ2) is 6.62. The summed E-state index contributed by atoms with van der Waals surface area (Å²) in [5.74, 6) is 0.993. The quantitative estimate of drug-likeness (QED) is 0.652. The van der Waals surface area contributed by atoms with E-state index in [9.17, 15) is 0 Å². The van der Waals surface area contributed by atoms with E-state index in [2.05, 4.69) is 24.5 Å². The van der Waals surface area contributed by atoms with Crippen LogP contribution in [0.25, 0.3) is 0 Å². The van der Waals surface area contributed by atoms with Crippen molar-refractivity contribution in [3.63, 3.8) is 0 Å². The molecule has 1 aromatic rings. The fourth-order valence-electron chi connectivity index (χ4n) is 1.26. The smallest absolute Gasteiger partial charge is 0.117 e. The molecule has 1 rings (SSSR count). The first-order valence-electron chi connectivity index (χ1n) is 5.29. The largest absolute Gasteiger partial charge is 0.468 e. The Morgan fingerprint density at radius 1 is 1.50 bits per heavy atom. The van der Waals surface area contributed by atoms with Crippen LogP contribution in [-0.4, -0.2) is 19.1 Å². The minimum Gasteiger partial charge on any atom is -0.468 e. The fourth-order valence-corrected chi connectivity index (χ4v) is 1.26. The monoisotopic (exact) mass is 196 g/mol. The summed E-state index contributed by atoms with van der Waals surface area (Å²) in [4.78, 5) is 0. The van der Waals surface area contributed by atoms with Gasteiger partial charge in [-0.05, 0) is 32.0 Å². The summed E-state index contributed by atoms with van der Waals surface area (Å²) in [6.07, 6.45) is 2.89. The molecule has 1 heterocycles. The molecule has 0 saturated carbocycles. The number of hydrogen-bond donors (Lipinski definition) is 2. The van der Waals surface area contributed by atoms with Gasteiger partial charge in [-0.15, -0.1) is 0 Å². The summed E-state index contributed by atoms with van der Waals surface area (Å²) in [6.45, 7) is 7.25. The average molecular weight is 196 g/mol. The molecule has 0 spiro atoms. The summed E-state index contributed by atoms with van der Waals surface area (Å²) in [5, 5.41) is 6.76. The average Bonchev–Trinajstić information content (AvgIpc) is 2.68. The highest BCUT2D eigenvalue weighted by atomic mass is 16.3. The van der Waals surface area contributed by atoms with Gasteiger partial charge in [0.25, 0.3) is 0 Å². The molecule has 0 aromatic carbocycles. The van der Waals surface area contributed by atoms with E-state index in [1.807, 2.05) is 12.1 Å². The zero-order chi connectivity index (χ0) is 10.2. The lowest BCUT2D eigenvalue weighted by Gasteiger charge is -2.13. The Labute approximate surface area is 85.9 Å². The Hall–Kier alpha value is -0.800. The first-order valence-corrected chi connectivity index (χ1v) is 5.29. The van der Waals surface area contributed by atoms with Crippen LogP contribution in [0.5, 0.6) is 0 Å². The molecule has 0 saturated heterocycles. The molecule has 3 nitrogen and oxygen atoms in total. The molecule has 0 radical (unpaired) electrons. The van der Waals surface area contributed by atoms with Crippen LogP contribution in [0.3, 0.4) is 0 Å². The van der Waals surface area contributed by atoms with E-state index >= 15 is 0 Å². The van der Waals surface area contributed by atoms with E-state index in [0.717, 1.165) is 25.4 Å². The maximum atomic E-state index is 5.23. The summed E-state index contributed by atoms with van der Waals surface area (Å²) in [7, 11) is 0. The SMILES string of the molecule is CCCNCC(C)NCc1ccco1. The lowest BCUT2D eigenvalue weighted by atomic mass is 10.3. The Morgan fingerprint density at radius 3 is 3.00 bits per heavy atom. The molecular weight excluding hydrogens is 176 g/mol. The van der Waals surface area contributed by atoms with Crippen molar-refractivity contribution in [2.45, 2.75) is 32.9 Å². The molecule has 1 aromatic heterocycles. The van der Waals surface area contributed by atoms with E-state index in [0.29, 0.717) is 6.04 Å². The normalized spacial score (nSPS) is 13.0. The van der Waals surface area contributed by atoms with E-state index in [1.165, 1.54) is 6.42 Å². The maximum Gasteiger partial charge on any atom is 0.117 e. The fraction of sp³-hybridized carbons (Fsp3) is 0.636. The summed E-state index contributed by atoms with van der Waals surface area (Å²) < 4.78 is 5.23. The van der Waals surface area contributed by atoms with Crippen LogP contribution in [0.2, 0.25) is 0 Å². The first-order chi connectivity index (χ1) is 6.83. The zero-order valence-electron chi connectivity index (χ0n) is 9.05. The van der Waals surface area contributed by atoms with Gasteiger partial charge in [0.15, 0.2) is 0 Å². The Kier molecular flexibility index (Phi) is 5.33. The number of hydrogen-bond acceptors (Lipinski definition) is 3. The highest BCUT2D eigenvalue weighted by Crippen LogP contribution is 1.98. The van der Waals surface area contributed by atoms with Crippen molar-refractivity contribution in [2.75, 3.05) is 13.1 Å². The summed E-state index contributed by atoms with van der Waals surface area (Å²) >= 11 is 0. The predicted molar refractivity (Wildman–Crippen MR) is 58.2 cm³/mol. The lowest BCUT2D eigenvalue weighted by molar-refractivity contribution is 0.442. The second-order valence-electron chi connectivity index (χ2n) is 3.57. The molecule has 0 aliphatic heterocycles. The maximum absolute atomic E-state index is 5.23. The van der Waals surface area contributed by atoms with Crippen molar-refractivity contribution >= 4 is 0 Å². The standard InChI is InChI=1S/C11H20N2O/c1-3-6-12-8-10(2)13-9-11-5-4-7-14-11/h4-5,7,10,12-13H,3,6,8-9H2,1-2H3. The number of furan rings is 1. The second-order valence-corrected chi connectivity index (χ2v) is 3.57. The van der Waals surface area contributed by atoms with Gasteiger partial charge in [0.2, 0.25) is 0 Å². The third-order valence-corrected chi connectivity index (χ3v) is 2.08. The van der Waals surface area contributed by atoms with Gasteiger partial charge in [0.1, 0.15) is 5.76 Å². The van der Waals surface area contributed by atoms with Gasteiger partial charge in [0.05, 0.1) is 12.8 Å². The van der Waals surface area contributed by atoms with Crippen molar-refractivity contribution in [1.82, 2.24) is 10.6 Å². The number of nitrogens with one attached hydrogen (secondary N) is 2. The predicted octanol–water partition coefficient (Wildman–Crippen LogP) is 1.76. The first kappa shape index (κ1) is 11.3. The Balaban J connectivity index is 2.06. The van der Waals surface area contributed by atoms with Gasteiger partial charge in [0, 0.05) is 12.6 Å². The van der Waals surface area contributed by atoms with Crippen LogP contribution in [0.15, 0.2) is 22.8 Å². The molecule has 80 valence electrons. The molecule has 2 N–H and O–H groups in total.